The molecule has 1 aliphatic heterocycles. The molecule has 0 radical (unpaired) electrons. The van der Waals surface area contributed by atoms with E-state index in [-0.39, 0.29) is 23.4 Å². The number of carbonyl (C=O) groups excluding carboxylic acids is 3. The van der Waals surface area contributed by atoms with Crippen LogP contribution in [0.15, 0.2) is 102 Å². The Morgan fingerprint density at radius 1 is 0.865 bits per heavy atom. The SMILES string of the molecule is CC(C)(C)NC(=O)[C@@H]1C[C@H](Sc2ccccc2)CCN1C[C@@H](O)[C@H](Cc1ccccc1)NC(=O)[C@@H](NC(=O)c1ccc2ccccc2n1)C(C)(C)C. The number of pyridine rings is 1. The second-order valence-corrected chi connectivity index (χ2v) is 17.2. The van der Waals surface area contributed by atoms with Crippen LogP contribution in [0.25, 0.3) is 10.9 Å². The summed E-state index contributed by atoms with van der Waals surface area (Å²) in [6.45, 7) is 12.4. The third kappa shape index (κ3) is 10.9. The molecule has 3 amide bonds. The third-order valence-corrected chi connectivity index (χ3v) is 10.6. The lowest BCUT2D eigenvalue weighted by molar-refractivity contribution is -0.131. The molecule has 1 aliphatic rings. The Bertz CT molecular complexity index is 1810. The summed E-state index contributed by atoms with van der Waals surface area (Å²) in [7, 11) is 0. The van der Waals surface area contributed by atoms with Crippen LogP contribution in [0.1, 0.15) is 70.4 Å². The van der Waals surface area contributed by atoms with Gasteiger partial charge in [-0.3, -0.25) is 19.3 Å². The van der Waals surface area contributed by atoms with Gasteiger partial charge in [-0.15, -0.1) is 11.8 Å². The number of thioether (sulfide) groups is 1. The van der Waals surface area contributed by atoms with Gasteiger partial charge in [0.2, 0.25) is 11.8 Å². The molecule has 0 saturated carbocycles. The van der Waals surface area contributed by atoms with E-state index in [9.17, 15) is 19.5 Å². The van der Waals surface area contributed by atoms with E-state index in [1.807, 2.05) is 120 Å². The van der Waals surface area contributed by atoms with Crippen molar-refractivity contribution >= 4 is 40.4 Å². The first-order valence-corrected chi connectivity index (χ1v) is 19.0. The first kappa shape index (κ1) is 39.0. The summed E-state index contributed by atoms with van der Waals surface area (Å²) in [5.74, 6) is -0.925. The van der Waals surface area contributed by atoms with Crippen LogP contribution in [-0.4, -0.2) is 80.8 Å². The van der Waals surface area contributed by atoms with E-state index in [4.69, 9.17) is 0 Å². The predicted octanol–water partition coefficient (Wildman–Crippen LogP) is 6.01. The van der Waals surface area contributed by atoms with Crippen molar-refractivity contribution in [1.29, 1.82) is 0 Å². The van der Waals surface area contributed by atoms with Gasteiger partial charge in [0, 0.05) is 34.2 Å². The summed E-state index contributed by atoms with van der Waals surface area (Å²) < 4.78 is 0. The lowest BCUT2D eigenvalue weighted by Crippen LogP contribution is -2.61. The molecule has 0 bridgehead atoms. The van der Waals surface area contributed by atoms with Crippen LogP contribution in [0.2, 0.25) is 0 Å². The minimum atomic E-state index is -1.01. The van der Waals surface area contributed by atoms with Crippen LogP contribution in [-0.2, 0) is 16.0 Å². The second-order valence-electron chi connectivity index (χ2n) is 15.9. The number of aromatic nitrogens is 1. The summed E-state index contributed by atoms with van der Waals surface area (Å²) in [6.07, 6.45) is 0.836. The molecule has 3 aromatic carbocycles. The van der Waals surface area contributed by atoms with Gasteiger partial charge in [-0.2, -0.15) is 0 Å². The standard InChI is InChI=1S/C42H53N5O4S/c1-41(2,3)37(45-38(49)33-22-21-29-17-13-14-20-32(29)43-33)40(51)44-34(25-28-15-9-7-10-16-28)36(48)27-47-24-23-31(52-30-18-11-8-12-19-30)26-35(47)39(50)46-42(4,5)6/h7-22,31,34-37,48H,23-27H2,1-6H3,(H,44,51)(H,45,49)(H,46,50)/t31-,34+,35+,36-,37-/m1/s1. The fourth-order valence-corrected chi connectivity index (χ4v) is 7.78. The highest BCUT2D eigenvalue weighted by atomic mass is 32.2. The summed E-state index contributed by atoms with van der Waals surface area (Å²) in [4.78, 5) is 49.2. The van der Waals surface area contributed by atoms with Crippen molar-refractivity contribution in [2.45, 2.75) is 101 Å². The summed E-state index contributed by atoms with van der Waals surface area (Å²) in [5, 5.41) is 22.3. The molecule has 52 heavy (non-hydrogen) atoms. The summed E-state index contributed by atoms with van der Waals surface area (Å²) >= 11 is 1.78. The average Bonchev–Trinajstić information content (AvgIpc) is 3.10. The maximum absolute atomic E-state index is 14.2. The van der Waals surface area contributed by atoms with E-state index < -0.39 is 47.0 Å². The first-order valence-electron chi connectivity index (χ1n) is 18.1. The van der Waals surface area contributed by atoms with Crippen LogP contribution < -0.4 is 16.0 Å². The normalized spacial score (nSPS) is 18.6. The van der Waals surface area contributed by atoms with E-state index >= 15 is 0 Å². The molecule has 5 rings (SSSR count). The molecule has 276 valence electrons. The topological polar surface area (TPSA) is 124 Å². The number of rotatable bonds is 12. The van der Waals surface area contributed by atoms with Gasteiger partial charge >= 0.3 is 0 Å². The van der Waals surface area contributed by atoms with Gasteiger partial charge in [-0.25, -0.2) is 4.98 Å². The Kier molecular flexibility index (Phi) is 12.8. The summed E-state index contributed by atoms with van der Waals surface area (Å²) in [5.41, 5.74) is 0.779. The number of nitrogens with zero attached hydrogens (tertiary/aromatic N) is 2. The maximum Gasteiger partial charge on any atom is 0.270 e. The van der Waals surface area contributed by atoms with Gasteiger partial charge in [0.15, 0.2) is 0 Å². The number of fused-ring (bicyclic) bond motifs is 1. The highest BCUT2D eigenvalue weighted by Crippen LogP contribution is 2.33. The fourth-order valence-electron chi connectivity index (χ4n) is 6.58. The molecule has 0 spiro atoms. The molecule has 1 aromatic heterocycles. The van der Waals surface area contributed by atoms with Crippen molar-refractivity contribution in [3.63, 3.8) is 0 Å². The molecule has 0 aliphatic carbocycles. The molecule has 4 aromatic rings. The molecular formula is C42H53N5O4S. The number of para-hydroxylation sites is 1. The van der Waals surface area contributed by atoms with Crippen LogP contribution in [0.5, 0.6) is 0 Å². The number of carbonyl (C=O) groups is 3. The molecule has 9 nitrogen and oxygen atoms in total. The van der Waals surface area contributed by atoms with Crippen LogP contribution in [0, 0.1) is 5.41 Å². The Labute approximate surface area is 312 Å². The van der Waals surface area contributed by atoms with Crippen LogP contribution in [0.4, 0.5) is 0 Å². The third-order valence-electron chi connectivity index (χ3n) is 9.26. The van der Waals surface area contributed by atoms with E-state index in [2.05, 4.69) is 38.0 Å². The van der Waals surface area contributed by atoms with Gasteiger partial charge in [-0.1, -0.05) is 93.6 Å². The van der Waals surface area contributed by atoms with Crippen LogP contribution >= 0.6 is 11.8 Å². The van der Waals surface area contributed by atoms with Crippen molar-refractivity contribution in [2.24, 2.45) is 5.41 Å². The predicted molar refractivity (Wildman–Crippen MR) is 209 cm³/mol. The monoisotopic (exact) mass is 723 g/mol. The molecule has 4 N–H and O–H groups in total. The van der Waals surface area contributed by atoms with Crippen LogP contribution in [0.3, 0.4) is 0 Å². The molecule has 10 heteroatoms. The number of hydrogen-bond acceptors (Lipinski definition) is 7. The molecule has 1 fully saturated rings. The number of piperidine rings is 1. The Morgan fingerprint density at radius 2 is 1.52 bits per heavy atom. The van der Waals surface area contributed by atoms with E-state index in [1.165, 1.54) is 4.90 Å². The van der Waals surface area contributed by atoms with E-state index in [0.717, 1.165) is 17.4 Å². The highest BCUT2D eigenvalue weighted by Gasteiger charge is 2.39. The Balaban J connectivity index is 1.35. The number of aliphatic hydroxyl groups is 1. The molecule has 2 heterocycles. The number of benzene rings is 3. The number of nitrogens with one attached hydrogen (secondary N) is 3. The van der Waals surface area contributed by atoms with Gasteiger partial charge in [0.25, 0.3) is 5.91 Å². The van der Waals surface area contributed by atoms with Gasteiger partial charge < -0.3 is 21.1 Å². The van der Waals surface area contributed by atoms with Crippen molar-refractivity contribution in [3.8, 4) is 0 Å². The van der Waals surface area contributed by atoms with Crippen molar-refractivity contribution in [2.75, 3.05) is 13.1 Å². The molecule has 0 unspecified atom stereocenters. The number of amides is 3. The van der Waals surface area contributed by atoms with Crippen molar-refractivity contribution in [1.82, 2.24) is 25.8 Å². The van der Waals surface area contributed by atoms with E-state index in [0.29, 0.717) is 24.9 Å². The second kappa shape index (κ2) is 17.1. The number of likely N-dealkylation sites (tertiary alicyclic amines) is 1. The Morgan fingerprint density at radius 3 is 2.19 bits per heavy atom. The van der Waals surface area contributed by atoms with E-state index in [1.54, 1.807) is 17.8 Å². The zero-order valence-electron chi connectivity index (χ0n) is 31.1. The van der Waals surface area contributed by atoms with Gasteiger partial charge in [0.05, 0.1) is 23.7 Å². The lowest BCUT2D eigenvalue weighted by Gasteiger charge is -2.41. The first-order chi connectivity index (χ1) is 24.7. The lowest BCUT2D eigenvalue weighted by atomic mass is 9.85. The minimum absolute atomic E-state index is 0.0699. The number of aliphatic hydroxyl groups excluding tert-OH is 1. The zero-order chi connectivity index (χ0) is 37.5. The summed E-state index contributed by atoms with van der Waals surface area (Å²) in [6, 6.07) is 28.9. The molecule has 5 atom stereocenters. The maximum atomic E-state index is 14.2. The van der Waals surface area contributed by atoms with Crippen molar-refractivity contribution < 1.29 is 19.5 Å². The number of hydrogen-bond donors (Lipinski definition) is 4. The molecule has 1 saturated heterocycles. The number of β-amino-alcohol motifs (C(OH)–C–C–N with tert-alkyl or cyclic N) is 1. The molecular weight excluding hydrogens is 671 g/mol. The average molecular weight is 724 g/mol. The minimum Gasteiger partial charge on any atom is -0.390 e. The zero-order valence-corrected chi connectivity index (χ0v) is 32.0. The van der Waals surface area contributed by atoms with Gasteiger partial charge in [0.1, 0.15) is 11.7 Å². The quantitative estimate of drug-likeness (QED) is 0.141. The smallest absolute Gasteiger partial charge is 0.270 e. The van der Waals surface area contributed by atoms with Crippen molar-refractivity contribution in [3.05, 3.63) is 108 Å². The fraction of sp³-hybridized carbons (Fsp3) is 0.429. The largest absolute Gasteiger partial charge is 0.390 e. The highest BCUT2D eigenvalue weighted by molar-refractivity contribution is 8.00. The van der Waals surface area contributed by atoms with Gasteiger partial charge in [-0.05, 0) is 75.3 Å². The Hall–Kier alpha value is -4.25.